The second-order valence-corrected chi connectivity index (χ2v) is 7.61. The summed E-state index contributed by atoms with van der Waals surface area (Å²) in [5.74, 6) is 0.333. The second-order valence-electron chi connectivity index (χ2n) is 7.61. The van der Waals surface area contributed by atoms with E-state index < -0.39 is 0 Å². The fourth-order valence-corrected chi connectivity index (χ4v) is 3.91. The van der Waals surface area contributed by atoms with Gasteiger partial charge in [0.1, 0.15) is 0 Å². The third kappa shape index (κ3) is 3.19. The number of likely N-dealkylation sites (N-methyl/N-ethyl adjacent to an activating group) is 1. The fourth-order valence-electron chi connectivity index (χ4n) is 3.91. The van der Waals surface area contributed by atoms with E-state index in [9.17, 15) is 4.79 Å². The monoisotopic (exact) mass is 386 g/mol. The summed E-state index contributed by atoms with van der Waals surface area (Å²) in [6, 6.07) is 12.2. The average molecular weight is 386 g/mol. The van der Waals surface area contributed by atoms with Crippen molar-refractivity contribution in [3.8, 4) is 11.1 Å². The van der Waals surface area contributed by atoms with Crippen LogP contribution in [0.15, 0.2) is 53.6 Å². The number of anilines is 2. The number of fused-ring (bicyclic) bond motifs is 2. The van der Waals surface area contributed by atoms with Crippen LogP contribution in [0.1, 0.15) is 11.1 Å². The van der Waals surface area contributed by atoms with Crippen LogP contribution in [0, 0.1) is 0 Å². The maximum absolute atomic E-state index is 12.9. The van der Waals surface area contributed by atoms with Gasteiger partial charge in [0.25, 0.3) is 5.56 Å². The first-order valence-corrected chi connectivity index (χ1v) is 9.66. The first-order chi connectivity index (χ1) is 14.1. The number of aromatic nitrogens is 4. The Morgan fingerprint density at radius 2 is 1.97 bits per heavy atom. The molecule has 146 valence electrons. The Morgan fingerprint density at radius 1 is 1.07 bits per heavy atom. The van der Waals surface area contributed by atoms with Gasteiger partial charge in [0.05, 0.1) is 17.2 Å². The van der Waals surface area contributed by atoms with Crippen molar-refractivity contribution in [1.82, 2.24) is 24.6 Å². The molecule has 7 heteroatoms. The van der Waals surface area contributed by atoms with Crippen molar-refractivity contribution in [3.05, 3.63) is 70.3 Å². The van der Waals surface area contributed by atoms with Gasteiger partial charge in [-0.3, -0.25) is 9.89 Å². The molecule has 1 aliphatic rings. The molecule has 0 bridgehead atoms. The van der Waals surface area contributed by atoms with Crippen molar-refractivity contribution >= 4 is 22.5 Å². The lowest BCUT2D eigenvalue weighted by molar-refractivity contribution is 0.313. The first-order valence-electron chi connectivity index (χ1n) is 9.66. The Kier molecular flexibility index (Phi) is 4.17. The van der Waals surface area contributed by atoms with E-state index in [4.69, 9.17) is 0 Å². The fraction of sp³-hybridized carbons (Fsp3) is 0.227. The third-order valence-corrected chi connectivity index (χ3v) is 5.58. The summed E-state index contributed by atoms with van der Waals surface area (Å²) in [5.41, 5.74) is 6.91. The molecule has 0 amide bonds. The highest BCUT2D eigenvalue weighted by Crippen LogP contribution is 2.25. The van der Waals surface area contributed by atoms with Gasteiger partial charge in [-0.2, -0.15) is 5.10 Å². The molecule has 3 heterocycles. The molecule has 0 saturated heterocycles. The summed E-state index contributed by atoms with van der Waals surface area (Å²) in [6.45, 7) is 2.00. The van der Waals surface area contributed by atoms with E-state index in [-0.39, 0.29) is 5.56 Å². The SMILES string of the molecule is CN1CCc2ccc(Nc3nc4ccc(-c5cn[nH]c5)cc4n(C)c3=O)cc2C1. The number of nitrogens with one attached hydrogen (secondary N) is 2. The van der Waals surface area contributed by atoms with Crippen LogP contribution in [0.25, 0.3) is 22.2 Å². The van der Waals surface area contributed by atoms with Gasteiger partial charge >= 0.3 is 0 Å². The maximum atomic E-state index is 12.9. The third-order valence-electron chi connectivity index (χ3n) is 5.58. The Morgan fingerprint density at radius 3 is 2.79 bits per heavy atom. The zero-order valence-electron chi connectivity index (χ0n) is 16.4. The molecule has 1 aliphatic heterocycles. The number of benzene rings is 2. The predicted octanol–water partition coefficient (Wildman–Crippen LogP) is 3.06. The summed E-state index contributed by atoms with van der Waals surface area (Å²) < 4.78 is 1.64. The molecule has 7 nitrogen and oxygen atoms in total. The highest BCUT2D eigenvalue weighted by Gasteiger charge is 2.15. The van der Waals surface area contributed by atoms with Crippen LogP contribution >= 0.6 is 0 Å². The van der Waals surface area contributed by atoms with E-state index in [2.05, 4.69) is 44.6 Å². The number of rotatable bonds is 3. The minimum atomic E-state index is -0.156. The number of aromatic amines is 1. The molecule has 29 heavy (non-hydrogen) atoms. The number of nitrogens with zero attached hydrogens (tertiary/aromatic N) is 4. The molecule has 0 spiro atoms. The van der Waals surface area contributed by atoms with Crippen LogP contribution in [-0.2, 0) is 20.0 Å². The molecule has 2 aromatic heterocycles. The first kappa shape index (κ1) is 17.6. The smallest absolute Gasteiger partial charge is 0.293 e. The Hall–Kier alpha value is -3.45. The van der Waals surface area contributed by atoms with Crippen LogP contribution in [-0.4, -0.2) is 38.2 Å². The van der Waals surface area contributed by atoms with Gasteiger partial charge in [-0.15, -0.1) is 0 Å². The van der Waals surface area contributed by atoms with Crippen LogP contribution in [0.2, 0.25) is 0 Å². The summed E-state index contributed by atoms with van der Waals surface area (Å²) in [5, 5.41) is 10.0. The van der Waals surface area contributed by atoms with Crippen molar-refractivity contribution in [3.63, 3.8) is 0 Å². The summed E-state index contributed by atoms with van der Waals surface area (Å²) in [6.07, 6.45) is 4.65. The molecular formula is C22H22N6O. The van der Waals surface area contributed by atoms with Crippen molar-refractivity contribution in [2.24, 2.45) is 7.05 Å². The number of hydrogen-bond acceptors (Lipinski definition) is 5. The predicted molar refractivity (Wildman–Crippen MR) is 114 cm³/mol. The highest BCUT2D eigenvalue weighted by molar-refractivity contribution is 5.82. The van der Waals surface area contributed by atoms with Crippen LogP contribution in [0.3, 0.4) is 0 Å². The van der Waals surface area contributed by atoms with Crippen molar-refractivity contribution < 1.29 is 0 Å². The molecule has 0 atom stereocenters. The normalized spacial score (nSPS) is 14.1. The van der Waals surface area contributed by atoms with Gasteiger partial charge in [-0.05, 0) is 54.4 Å². The van der Waals surface area contributed by atoms with E-state index in [1.165, 1.54) is 11.1 Å². The molecule has 0 fully saturated rings. The molecule has 2 N–H and O–H groups in total. The number of aryl methyl sites for hydroxylation is 1. The highest BCUT2D eigenvalue weighted by atomic mass is 16.1. The molecule has 0 unspecified atom stereocenters. The lowest BCUT2D eigenvalue weighted by Gasteiger charge is -2.25. The van der Waals surface area contributed by atoms with Crippen LogP contribution in [0.5, 0.6) is 0 Å². The topological polar surface area (TPSA) is 78.8 Å². The van der Waals surface area contributed by atoms with Crippen molar-refractivity contribution in [1.29, 1.82) is 0 Å². The summed E-state index contributed by atoms with van der Waals surface area (Å²) in [7, 11) is 3.90. The van der Waals surface area contributed by atoms with Crippen molar-refractivity contribution in [2.75, 3.05) is 18.9 Å². The molecular weight excluding hydrogens is 364 g/mol. The molecule has 4 aromatic rings. The standard InChI is InChI=1S/C22H22N6O/c1-27-8-7-14-3-5-18(9-16(14)13-27)25-21-22(29)28(2)20-10-15(4-6-19(20)26-21)17-11-23-24-12-17/h3-6,9-12H,7-8,13H2,1-2H3,(H,23,24)(H,25,26). The van der Waals surface area contributed by atoms with Crippen LogP contribution < -0.4 is 10.9 Å². The zero-order valence-corrected chi connectivity index (χ0v) is 16.4. The minimum Gasteiger partial charge on any atom is -0.336 e. The Balaban J connectivity index is 1.53. The van der Waals surface area contributed by atoms with Gasteiger partial charge in [0.2, 0.25) is 0 Å². The van der Waals surface area contributed by atoms with E-state index in [0.29, 0.717) is 5.82 Å². The van der Waals surface area contributed by atoms with E-state index >= 15 is 0 Å². The lowest BCUT2D eigenvalue weighted by Crippen LogP contribution is -2.26. The van der Waals surface area contributed by atoms with Gasteiger partial charge in [-0.1, -0.05) is 12.1 Å². The van der Waals surface area contributed by atoms with Crippen LogP contribution in [0.4, 0.5) is 11.5 Å². The Bertz CT molecular complexity index is 1260. The summed E-state index contributed by atoms with van der Waals surface area (Å²) in [4.78, 5) is 19.8. The largest absolute Gasteiger partial charge is 0.336 e. The Labute approximate surface area is 168 Å². The molecule has 0 aliphatic carbocycles. The number of hydrogen-bond donors (Lipinski definition) is 2. The molecule has 5 rings (SSSR count). The van der Waals surface area contributed by atoms with Crippen molar-refractivity contribution in [2.45, 2.75) is 13.0 Å². The molecule has 2 aromatic carbocycles. The van der Waals surface area contributed by atoms with Gasteiger partial charge < -0.3 is 14.8 Å². The second kappa shape index (κ2) is 6.86. The maximum Gasteiger partial charge on any atom is 0.293 e. The average Bonchev–Trinajstić information content (AvgIpc) is 3.26. The minimum absolute atomic E-state index is 0.156. The lowest BCUT2D eigenvalue weighted by atomic mass is 9.99. The van der Waals surface area contributed by atoms with E-state index in [1.807, 2.05) is 30.5 Å². The summed E-state index contributed by atoms with van der Waals surface area (Å²) >= 11 is 0. The quantitative estimate of drug-likeness (QED) is 0.566. The molecule has 0 radical (unpaired) electrons. The number of H-pyrrole nitrogens is 1. The van der Waals surface area contributed by atoms with Gasteiger partial charge in [-0.25, -0.2) is 4.98 Å². The van der Waals surface area contributed by atoms with E-state index in [1.54, 1.807) is 17.8 Å². The zero-order chi connectivity index (χ0) is 20.0. The van der Waals surface area contributed by atoms with E-state index in [0.717, 1.165) is 47.4 Å². The molecule has 0 saturated carbocycles. The van der Waals surface area contributed by atoms with Gasteiger partial charge in [0.15, 0.2) is 5.82 Å². The van der Waals surface area contributed by atoms with Gasteiger partial charge in [0, 0.05) is 37.6 Å².